The molecule has 0 spiro atoms. The number of anilines is 2. The Kier molecular flexibility index (Phi) is 7.06. The Morgan fingerprint density at radius 1 is 0.967 bits per heavy atom. The molecule has 4 N–H and O–H groups in total. The van der Waals surface area contributed by atoms with Crippen molar-refractivity contribution >= 4 is 35.0 Å². The molecular weight excluding hydrogens is 402 g/mol. The first-order chi connectivity index (χ1) is 14.5. The van der Waals surface area contributed by atoms with Gasteiger partial charge < -0.3 is 15.8 Å². The van der Waals surface area contributed by atoms with E-state index in [1.165, 1.54) is 6.07 Å². The number of nitrogens with one attached hydrogen (secondary N) is 2. The normalized spacial score (nSPS) is 10.4. The molecule has 7 heteroatoms. The van der Waals surface area contributed by atoms with Crippen LogP contribution in [-0.2, 0) is 17.9 Å². The van der Waals surface area contributed by atoms with Crippen molar-refractivity contribution in [1.29, 1.82) is 0 Å². The predicted molar refractivity (Wildman–Crippen MR) is 119 cm³/mol. The molecule has 30 heavy (non-hydrogen) atoms. The summed E-state index contributed by atoms with van der Waals surface area (Å²) >= 11 is 6.32. The summed E-state index contributed by atoms with van der Waals surface area (Å²) in [5.41, 5.74) is 9.36. The number of hydrogen-bond donors (Lipinski definition) is 3. The van der Waals surface area contributed by atoms with Crippen LogP contribution in [0.4, 0.5) is 16.2 Å². The van der Waals surface area contributed by atoms with E-state index in [1.807, 2.05) is 42.5 Å². The number of hydrogen-bond acceptors (Lipinski definition) is 4. The second kappa shape index (κ2) is 9.91. The van der Waals surface area contributed by atoms with Crippen LogP contribution in [0.3, 0.4) is 0 Å². The van der Waals surface area contributed by atoms with E-state index >= 15 is 0 Å². The highest BCUT2D eigenvalue weighted by Crippen LogP contribution is 2.28. The minimum atomic E-state index is -0.659. The zero-order chi connectivity index (χ0) is 21.5. The summed E-state index contributed by atoms with van der Waals surface area (Å²) in [5, 5.41) is 5.78. The van der Waals surface area contributed by atoms with Gasteiger partial charge in [0.1, 0.15) is 6.61 Å². The van der Waals surface area contributed by atoms with Gasteiger partial charge in [0.25, 0.3) is 5.91 Å². The van der Waals surface area contributed by atoms with E-state index in [-0.39, 0.29) is 12.5 Å². The predicted octanol–water partition coefficient (Wildman–Crippen LogP) is 5.11. The van der Waals surface area contributed by atoms with Crippen molar-refractivity contribution in [3.63, 3.8) is 0 Å². The Labute approximate surface area is 180 Å². The number of halogens is 1. The molecule has 0 aliphatic carbocycles. The Bertz CT molecular complexity index is 1050. The maximum Gasteiger partial charge on any atom is 0.412 e. The van der Waals surface area contributed by atoms with Crippen molar-refractivity contribution in [1.82, 2.24) is 0 Å². The number of aryl methyl sites for hydroxylation is 1. The summed E-state index contributed by atoms with van der Waals surface area (Å²) in [6.07, 6.45) is -0.659. The quantitative estimate of drug-likeness (QED) is 0.513. The van der Waals surface area contributed by atoms with E-state index in [1.54, 1.807) is 25.1 Å². The average Bonchev–Trinajstić information content (AvgIpc) is 2.76. The molecule has 0 saturated carbocycles. The Balaban J connectivity index is 1.71. The van der Waals surface area contributed by atoms with Crippen molar-refractivity contribution in [2.24, 2.45) is 5.73 Å². The molecule has 154 valence electrons. The van der Waals surface area contributed by atoms with Gasteiger partial charge in [-0.2, -0.15) is 0 Å². The lowest BCUT2D eigenvalue weighted by atomic mass is 10.1. The molecule has 0 aliphatic rings. The maximum absolute atomic E-state index is 12.7. The van der Waals surface area contributed by atoms with Crippen molar-refractivity contribution in [2.75, 3.05) is 10.6 Å². The van der Waals surface area contributed by atoms with E-state index in [0.29, 0.717) is 34.1 Å². The van der Waals surface area contributed by atoms with E-state index in [9.17, 15) is 9.59 Å². The van der Waals surface area contributed by atoms with Crippen LogP contribution >= 0.6 is 11.6 Å². The van der Waals surface area contributed by atoms with Gasteiger partial charge in [0.05, 0.1) is 10.7 Å². The van der Waals surface area contributed by atoms with E-state index in [0.717, 1.165) is 11.1 Å². The Hall–Kier alpha value is -3.35. The minimum Gasteiger partial charge on any atom is -0.444 e. The van der Waals surface area contributed by atoms with Gasteiger partial charge in [-0.1, -0.05) is 54.1 Å². The lowest BCUT2D eigenvalue weighted by molar-refractivity contribution is 0.102. The maximum atomic E-state index is 12.7. The standard InChI is InChI=1S/C23H22ClN3O3/c1-15-10-18(22(28)26-19-9-5-8-17(11-19)13-25)12-20(21(15)24)27-23(29)30-14-16-6-3-2-4-7-16/h2-12H,13-14,25H2,1H3,(H,26,28)(H,27,29). The van der Waals surface area contributed by atoms with Crippen LogP contribution in [0, 0.1) is 6.92 Å². The van der Waals surface area contributed by atoms with E-state index in [2.05, 4.69) is 10.6 Å². The van der Waals surface area contributed by atoms with E-state index < -0.39 is 6.09 Å². The number of ether oxygens (including phenoxy) is 1. The second-order valence-electron chi connectivity index (χ2n) is 6.70. The largest absolute Gasteiger partial charge is 0.444 e. The van der Waals surface area contributed by atoms with Crippen LogP contribution in [0.5, 0.6) is 0 Å². The molecule has 0 heterocycles. The van der Waals surface area contributed by atoms with Gasteiger partial charge in [0.2, 0.25) is 0 Å². The summed E-state index contributed by atoms with van der Waals surface area (Å²) in [4.78, 5) is 24.9. The number of amides is 2. The highest BCUT2D eigenvalue weighted by Gasteiger charge is 2.15. The first kappa shape index (κ1) is 21.4. The van der Waals surface area contributed by atoms with Gasteiger partial charge in [-0.3, -0.25) is 10.1 Å². The molecule has 2 amide bonds. The second-order valence-corrected chi connectivity index (χ2v) is 7.08. The number of carbonyl (C=O) groups excluding carboxylic acids is 2. The van der Waals surface area contributed by atoms with Crippen molar-refractivity contribution in [3.8, 4) is 0 Å². The molecule has 0 saturated heterocycles. The summed E-state index contributed by atoms with van der Waals surface area (Å²) in [5.74, 6) is -0.329. The van der Waals surface area contributed by atoms with Crippen LogP contribution in [0.15, 0.2) is 66.7 Å². The number of carbonyl (C=O) groups is 2. The topological polar surface area (TPSA) is 93.5 Å². The molecule has 3 rings (SSSR count). The fourth-order valence-corrected chi connectivity index (χ4v) is 3.00. The van der Waals surface area contributed by atoms with Crippen molar-refractivity contribution < 1.29 is 14.3 Å². The Morgan fingerprint density at radius 2 is 1.70 bits per heavy atom. The van der Waals surface area contributed by atoms with Gasteiger partial charge in [-0.15, -0.1) is 0 Å². The van der Waals surface area contributed by atoms with Crippen LogP contribution < -0.4 is 16.4 Å². The molecule has 3 aromatic rings. The lowest BCUT2D eigenvalue weighted by Crippen LogP contribution is -2.16. The van der Waals surface area contributed by atoms with Gasteiger partial charge in [0, 0.05) is 17.8 Å². The highest BCUT2D eigenvalue weighted by atomic mass is 35.5. The van der Waals surface area contributed by atoms with E-state index in [4.69, 9.17) is 22.1 Å². The molecule has 0 bridgehead atoms. The Morgan fingerprint density at radius 3 is 2.43 bits per heavy atom. The third-order valence-electron chi connectivity index (χ3n) is 4.39. The number of nitrogens with two attached hydrogens (primary N) is 1. The summed E-state index contributed by atoms with van der Waals surface area (Å²) < 4.78 is 5.23. The third-order valence-corrected chi connectivity index (χ3v) is 4.89. The summed E-state index contributed by atoms with van der Waals surface area (Å²) in [6.45, 7) is 2.26. The van der Waals surface area contributed by atoms with Crippen LogP contribution in [-0.4, -0.2) is 12.0 Å². The fraction of sp³-hybridized carbons (Fsp3) is 0.130. The highest BCUT2D eigenvalue weighted by molar-refractivity contribution is 6.34. The van der Waals surface area contributed by atoms with Gasteiger partial charge in [-0.25, -0.2) is 4.79 Å². The molecule has 0 aromatic heterocycles. The first-order valence-electron chi connectivity index (χ1n) is 9.34. The number of rotatable bonds is 6. The average molecular weight is 424 g/mol. The van der Waals surface area contributed by atoms with Crippen LogP contribution in [0.1, 0.15) is 27.0 Å². The smallest absolute Gasteiger partial charge is 0.412 e. The molecule has 3 aromatic carbocycles. The molecule has 6 nitrogen and oxygen atoms in total. The molecule has 0 aliphatic heterocycles. The van der Waals surface area contributed by atoms with Gasteiger partial charge in [-0.05, 0) is 47.9 Å². The van der Waals surface area contributed by atoms with Crippen LogP contribution in [0.25, 0.3) is 0 Å². The molecule has 0 radical (unpaired) electrons. The number of benzene rings is 3. The zero-order valence-electron chi connectivity index (χ0n) is 16.4. The van der Waals surface area contributed by atoms with Gasteiger partial charge in [0.15, 0.2) is 0 Å². The van der Waals surface area contributed by atoms with Crippen molar-refractivity contribution in [3.05, 3.63) is 94.0 Å². The fourth-order valence-electron chi connectivity index (χ4n) is 2.84. The minimum absolute atomic E-state index is 0.126. The first-order valence-corrected chi connectivity index (χ1v) is 9.72. The summed E-state index contributed by atoms with van der Waals surface area (Å²) in [6, 6.07) is 19.8. The SMILES string of the molecule is Cc1cc(C(=O)Nc2cccc(CN)c2)cc(NC(=O)OCc2ccccc2)c1Cl. The molecule has 0 unspecified atom stereocenters. The van der Waals surface area contributed by atoms with Crippen molar-refractivity contribution in [2.45, 2.75) is 20.1 Å². The zero-order valence-corrected chi connectivity index (χ0v) is 17.2. The monoisotopic (exact) mass is 423 g/mol. The molecular formula is C23H22ClN3O3. The lowest BCUT2D eigenvalue weighted by Gasteiger charge is -2.13. The summed E-state index contributed by atoms with van der Waals surface area (Å²) in [7, 11) is 0. The third kappa shape index (κ3) is 5.59. The van der Waals surface area contributed by atoms with Gasteiger partial charge >= 0.3 is 6.09 Å². The van der Waals surface area contributed by atoms with Crippen LogP contribution in [0.2, 0.25) is 5.02 Å². The molecule has 0 atom stereocenters. The molecule has 0 fully saturated rings.